The zero-order valence-corrected chi connectivity index (χ0v) is 16.9. The summed E-state index contributed by atoms with van der Waals surface area (Å²) in [6.07, 6.45) is 7.07. The lowest BCUT2D eigenvalue weighted by Crippen LogP contribution is -2.51. The van der Waals surface area contributed by atoms with Crippen LogP contribution in [0, 0.1) is 5.92 Å². The molecule has 1 atom stereocenters. The Bertz CT molecular complexity index is 804. The van der Waals surface area contributed by atoms with E-state index in [4.69, 9.17) is 9.47 Å². The summed E-state index contributed by atoms with van der Waals surface area (Å²) in [5.74, 6) is 1.67. The quantitative estimate of drug-likeness (QED) is 0.810. The summed E-state index contributed by atoms with van der Waals surface area (Å²) in [6, 6.07) is 12.2. The lowest BCUT2D eigenvalue weighted by molar-refractivity contribution is -0.123. The predicted octanol–water partition coefficient (Wildman–Crippen LogP) is 3.68. The smallest absolute Gasteiger partial charge is 0.270 e. The number of benzene rings is 1. The molecule has 1 aromatic carbocycles. The molecule has 150 valence electrons. The Kier molecular flexibility index (Phi) is 5.44. The first kappa shape index (κ1) is 19.1. The summed E-state index contributed by atoms with van der Waals surface area (Å²) in [6.45, 7) is 2.38. The minimum Gasteiger partial charge on any atom is -0.497 e. The van der Waals surface area contributed by atoms with Crippen molar-refractivity contribution in [1.29, 1.82) is 0 Å². The van der Waals surface area contributed by atoms with Gasteiger partial charge in [0.15, 0.2) is 0 Å². The highest BCUT2D eigenvalue weighted by Crippen LogP contribution is 2.39. The van der Waals surface area contributed by atoms with Gasteiger partial charge >= 0.3 is 0 Å². The maximum Gasteiger partial charge on any atom is 0.270 e. The number of carbonyl (C=O) groups is 1. The summed E-state index contributed by atoms with van der Waals surface area (Å²) in [7, 11) is 3.62. The van der Waals surface area contributed by atoms with E-state index in [2.05, 4.69) is 12.1 Å². The van der Waals surface area contributed by atoms with Crippen LogP contribution in [-0.2, 0) is 18.2 Å². The number of carbonyl (C=O) groups excluding carboxylic acids is 1. The van der Waals surface area contributed by atoms with E-state index in [9.17, 15) is 4.79 Å². The molecule has 0 bridgehead atoms. The third kappa shape index (κ3) is 3.95. The Labute approximate surface area is 167 Å². The molecule has 28 heavy (non-hydrogen) atoms. The summed E-state index contributed by atoms with van der Waals surface area (Å²) in [4.78, 5) is 14.7. The van der Waals surface area contributed by atoms with Gasteiger partial charge in [0.25, 0.3) is 5.91 Å². The van der Waals surface area contributed by atoms with Gasteiger partial charge in [-0.2, -0.15) is 0 Å². The third-order valence-corrected chi connectivity index (χ3v) is 6.40. The molecule has 2 saturated heterocycles. The van der Waals surface area contributed by atoms with Crippen molar-refractivity contribution in [3.05, 3.63) is 53.9 Å². The molecule has 0 N–H and O–H groups in total. The van der Waals surface area contributed by atoms with Gasteiger partial charge in [0, 0.05) is 32.9 Å². The number of aromatic nitrogens is 1. The molecule has 1 spiro atoms. The zero-order valence-electron chi connectivity index (χ0n) is 16.9. The number of rotatable bonds is 4. The first-order chi connectivity index (χ1) is 13.6. The van der Waals surface area contributed by atoms with Gasteiger partial charge in [0.1, 0.15) is 11.4 Å². The van der Waals surface area contributed by atoms with Gasteiger partial charge < -0.3 is 18.9 Å². The zero-order chi connectivity index (χ0) is 19.6. The van der Waals surface area contributed by atoms with Crippen molar-refractivity contribution in [1.82, 2.24) is 9.47 Å². The summed E-state index contributed by atoms with van der Waals surface area (Å²) in [5, 5.41) is 0. The van der Waals surface area contributed by atoms with Crippen molar-refractivity contribution >= 4 is 5.91 Å². The first-order valence-corrected chi connectivity index (χ1v) is 10.3. The van der Waals surface area contributed by atoms with Crippen LogP contribution in [0.3, 0.4) is 0 Å². The number of hydrogen-bond donors (Lipinski definition) is 0. The minimum absolute atomic E-state index is 0.0552. The van der Waals surface area contributed by atoms with E-state index in [-0.39, 0.29) is 11.5 Å². The van der Waals surface area contributed by atoms with Gasteiger partial charge in [-0.15, -0.1) is 0 Å². The molecule has 1 aromatic heterocycles. The number of aryl methyl sites for hydroxylation is 1. The third-order valence-electron chi connectivity index (χ3n) is 6.40. The number of piperidine rings is 1. The van der Waals surface area contributed by atoms with Crippen LogP contribution < -0.4 is 4.74 Å². The second-order valence-electron chi connectivity index (χ2n) is 8.24. The molecule has 1 amide bonds. The number of likely N-dealkylation sites (tertiary alicyclic amines) is 1. The fourth-order valence-corrected chi connectivity index (χ4v) is 4.71. The standard InChI is InChI=1S/C23H30N2O3/c1-24-12-3-4-21(24)22(26)25-13-10-23(11-14-25)17-19(9-15-28-23)16-18-5-7-20(27-2)8-6-18/h3-8,12,19H,9-11,13-17H2,1-2H3. The average molecular weight is 383 g/mol. The van der Waals surface area contributed by atoms with Crippen LogP contribution in [-0.4, -0.2) is 47.8 Å². The number of amides is 1. The molecule has 2 aromatic rings. The Balaban J connectivity index is 1.35. The highest BCUT2D eigenvalue weighted by molar-refractivity contribution is 5.92. The van der Waals surface area contributed by atoms with Crippen molar-refractivity contribution < 1.29 is 14.3 Å². The summed E-state index contributed by atoms with van der Waals surface area (Å²) < 4.78 is 13.4. The van der Waals surface area contributed by atoms with Crippen LogP contribution >= 0.6 is 0 Å². The minimum atomic E-state index is -0.0552. The highest BCUT2D eigenvalue weighted by Gasteiger charge is 2.41. The van der Waals surface area contributed by atoms with Crippen molar-refractivity contribution in [2.45, 2.75) is 37.7 Å². The lowest BCUT2D eigenvalue weighted by Gasteiger charge is -2.46. The molecule has 5 nitrogen and oxygen atoms in total. The van der Waals surface area contributed by atoms with Crippen LogP contribution in [0.5, 0.6) is 5.75 Å². The Morgan fingerprint density at radius 2 is 1.96 bits per heavy atom. The molecule has 0 saturated carbocycles. The topological polar surface area (TPSA) is 43.7 Å². The van der Waals surface area contributed by atoms with Gasteiger partial charge in [-0.1, -0.05) is 12.1 Å². The molecule has 5 heteroatoms. The second kappa shape index (κ2) is 8.00. The molecule has 0 radical (unpaired) electrons. The molecular weight excluding hydrogens is 352 g/mol. The van der Waals surface area contributed by atoms with E-state index in [1.807, 2.05) is 47.0 Å². The largest absolute Gasteiger partial charge is 0.497 e. The maximum atomic E-state index is 12.8. The van der Waals surface area contributed by atoms with Crippen LogP contribution in [0.1, 0.15) is 41.7 Å². The molecule has 1 unspecified atom stereocenters. The maximum absolute atomic E-state index is 12.8. The lowest BCUT2D eigenvalue weighted by atomic mass is 9.77. The Hall–Kier alpha value is -2.27. The monoisotopic (exact) mass is 382 g/mol. The molecule has 2 fully saturated rings. The van der Waals surface area contributed by atoms with Crippen molar-refractivity contribution in [3.63, 3.8) is 0 Å². The number of ether oxygens (including phenoxy) is 2. The van der Waals surface area contributed by atoms with E-state index in [1.54, 1.807) is 7.11 Å². The second-order valence-corrected chi connectivity index (χ2v) is 8.24. The molecule has 0 aliphatic carbocycles. The van der Waals surface area contributed by atoms with E-state index in [1.165, 1.54) is 5.56 Å². The Morgan fingerprint density at radius 1 is 1.21 bits per heavy atom. The molecule has 2 aliphatic heterocycles. The van der Waals surface area contributed by atoms with E-state index >= 15 is 0 Å². The van der Waals surface area contributed by atoms with E-state index in [0.717, 1.165) is 63.2 Å². The molecule has 4 rings (SSSR count). The van der Waals surface area contributed by atoms with Crippen molar-refractivity contribution in [2.75, 3.05) is 26.8 Å². The van der Waals surface area contributed by atoms with E-state index < -0.39 is 0 Å². The molecular formula is C23H30N2O3. The van der Waals surface area contributed by atoms with Crippen LogP contribution in [0.25, 0.3) is 0 Å². The van der Waals surface area contributed by atoms with Gasteiger partial charge in [-0.3, -0.25) is 4.79 Å². The van der Waals surface area contributed by atoms with Crippen LogP contribution in [0.4, 0.5) is 0 Å². The number of methoxy groups -OCH3 is 1. The summed E-state index contributed by atoms with van der Waals surface area (Å²) in [5.41, 5.74) is 2.07. The van der Waals surface area contributed by atoms with Gasteiger partial charge in [0.2, 0.25) is 0 Å². The number of hydrogen-bond acceptors (Lipinski definition) is 3. The Morgan fingerprint density at radius 3 is 2.61 bits per heavy atom. The average Bonchev–Trinajstić information content (AvgIpc) is 3.15. The van der Waals surface area contributed by atoms with Gasteiger partial charge in [-0.25, -0.2) is 0 Å². The fraction of sp³-hybridized carbons (Fsp3) is 0.522. The SMILES string of the molecule is COc1ccc(CC2CCOC3(CCN(C(=O)c4cccn4C)CC3)C2)cc1. The van der Waals surface area contributed by atoms with Crippen LogP contribution in [0.2, 0.25) is 0 Å². The predicted molar refractivity (Wildman–Crippen MR) is 109 cm³/mol. The van der Waals surface area contributed by atoms with Gasteiger partial charge in [-0.05, 0) is 67.9 Å². The van der Waals surface area contributed by atoms with Crippen molar-refractivity contribution in [2.24, 2.45) is 13.0 Å². The van der Waals surface area contributed by atoms with E-state index in [0.29, 0.717) is 5.92 Å². The van der Waals surface area contributed by atoms with Crippen molar-refractivity contribution in [3.8, 4) is 5.75 Å². The number of nitrogens with zero attached hydrogens (tertiary/aromatic N) is 2. The van der Waals surface area contributed by atoms with Crippen LogP contribution in [0.15, 0.2) is 42.6 Å². The fourth-order valence-electron chi connectivity index (χ4n) is 4.71. The molecule has 2 aliphatic rings. The summed E-state index contributed by atoms with van der Waals surface area (Å²) >= 11 is 0. The molecule has 3 heterocycles. The first-order valence-electron chi connectivity index (χ1n) is 10.3. The highest BCUT2D eigenvalue weighted by atomic mass is 16.5. The normalized spacial score (nSPS) is 21.6. The van der Waals surface area contributed by atoms with Gasteiger partial charge in [0.05, 0.1) is 12.7 Å².